The highest BCUT2D eigenvalue weighted by atomic mass is 79.9. The molecule has 13 heavy (non-hydrogen) atoms. The highest BCUT2D eigenvalue weighted by Crippen LogP contribution is 2.29. The van der Waals surface area contributed by atoms with Crippen molar-refractivity contribution in [3.63, 3.8) is 0 Å². The van der Waals surface area contributed by atoms with Crippen LogP contribution in [0.3, 0.4) is 0 Å². The van der Waals surface area contributed by atoms with E-state index in [9.17, 15) is 0 Å². The van der Waals surface area contributed by atoms with Gasteiger partial charge in [-0.15, -0.1) is 0 Å². The van der Waals surface area contributed by atoms with Gasteiger partial charge in [-0.25, -0.2) is 0 Å². The maximum atomic E-state index is 6.10. The van der Waals surface area contributed by atoms with Crippen molar-refractivity contribution in [1.82, 2.24) is 4.98 Å². The van der Waals surface area contributed by atoms with E-state index in [0.29, 0.717) is 0 Å². The Balaban J connectivity index is 2.94. The fraction of sp³-hybridized carbons (Fsp3) is 0.100. The van der Waals surface area contributed by atoms with Crippen LogP contribution in [-0.4, -0.2) is 4.98 Å². The van der Waals surface area contributed by atoms with E-state index in [2.05, 4.69) is 20.9 Å². The molecule has 2 rings (SSSR count). The van der Waals surface area contributed by atoms with E-state index in [1.165, 1.54) is 0 Å². The molecule has 0 fully saturated rings. The van der Waals surface area contributed by atoms with Crippen molar-refractivity contribution in [1.29, 1.82) is 0 Å². The third kappa shape index (κ3) is 1.56. The summed E-state index contributed by atoms with van der Waals surface area (Å²) in [4.78, 5) is 4.38. The highest BCUT2D eigenvalue weighted by Gasteiger charge is 2.04. The molecule has 66 valence electrons. The summed E-state index contributed by atoms with van der Waals surface area (Å²) in [5, 5.41) is 1.73. The molecule has 0 N–H and O–H groups in total. The number of hydrogen-bond acceptors (Lipinski definition) is 1. The van der Waals surface area contributed by atoms with Crippen molar-refractivity contribution in [3.8, 4) is 0 Å². The third-order valence-corrected chi connectivity index (χ3v) is 2.82. The lowest BCUT2D eigenvalue weighted by Gasteiger charge is -2.03. The summed E-state index contributed by atoms with van der Waals surface area (Å²) in [6, 6.07) is 7.74. The summed E-state index contributed by atoms with van der Waals surface area (Å²) < 4.78 is 0.988. The minimum absolute atomic E-state index is 0.745. The van der Waals surface area contributed by atoms with Gasteiger partial charge >= 0.3 is 0 Å². The first-order valence-corrected chi connectivity index (χ1v) is 5.07. The number of benzene rings is 1. The van der Waals surface area contributed by atoms with Gasteiger partial charge < -0.3 is 0 Å². The molecule has 0 aliphatic carbocycles. The standard InChI is InChI=1S/C10H7BrClN/c1-6-5-8(12)10-7(11)3-2-4-9(10)13-6/h2-5H,1H3. The Labute approximate surface area is 89.9 Å². The summed E-state index contributed by atoms with van der Waals surface area (Å²) >= 11 is 9.55. The normalized spacial score (nSPS) is 10.7. The van der Waals surface area contributed by atoms with Gasteiger partial charge in [-0.05, 0) is 25.1 Å². The zero-order chi connectivity index (χ0) is 9.42. The molecule has 0 atom stereocenters. The number of hydrogen-bond donors (Lipinski definition) is 0. The Hall–Kier alpha value is -0.600. The molecule has 0 aliphatic rings. The second kappa shape index (κ2) is 3.28. The van der Waals surface area contributed by atoms with Crippen molar-refractivity contribution in [3.05, 3.63) is 39.5 Å². The van der Waals surface area contributed by atoms with Crippen molar-refractivity contribution >= 4 is 38.4 Å². The second-order valence-corrected chi connectivity index (χ2v) is 4.14. The lowest BCUT2D eigenvalue weighted by atomic mass is 10.2. The van der Waals surface area contributed by atoms with Crippen molar-refractivity contribution in [2.24, 2.45) is 0 Å². The molecule has 0 radical (unpaired) electrons. The van der Waals surface area contributed by atoms with Crippen LogP contribution in [0.25, 0.3) is 10.9 Å². The van der Waals surface area contributed by atoms with E-state index in [1.807, 2.05) is 31.2 Å². The van der Waals surface area contributed by atoms with Crippen LogP contribution < -0.4 is 0 Å². The summed E-state index contributed by atoms with van der Waals surface area (Å²) in [7, 11) is 0. The van der Waals surface area contributed by atoms with Crippen LogP contribution in [0.15, 0.2) is 28.7 Å². The molecule has 0 bridgehead atoms. The molecular weight excluding hydrogens is 249 g/mol. The number of pyridine rings is 1. The molecule has 0 aliphatic heterocycles. The monoisotopic (exact) mass is 255 g/mol. The first-order chi connectivity index (χ1) is 6.18. The Morgan fingerprint density at radius 2 is 2.15 bits per heavy atom. The molecule has 0 saturated heterocycles. The van der Waals surface area contributed by atoms with E-state index in [1.54, 1.807) is 0 Å². The molecule has 1 nitrogen and oxygen atoms in total. The van der Waals surface area contributed by atoms with Crippen LogP contribution in [0.1, 0.15) is 5.69 Å². The molecule has 0 unspecified atom stereocenters. The summed E-state index contributed by atoms with van der Waals surface area (Å²) in [6.07, 6.45) is 0. The average molecular weight is 257 g/mol. The van der Waals surface area contributed by atoms with E-state index in [4.69, 9.17) is 11.6 Å². The molecule has 2 aromatic rings. The van der Waals surface area contributed by atoms with Gasteiger partial charge in [0.05, 0.1) is 10.5 Å². The average Bonchev–Trinajstić information content (AvgIpc) is 2.02. The van der Waals surface area contributed by atoms with Crippen molar-refractivity contribution in [2.75, 3.05) is 0 Å². The largest absolute Gasteiger partial charge is 0.253 e. The van der Waals surface area contributed by atoms with E-state index in [-0.39, 0.29) is 0 Å². The second-order valence-electron chi connectivity index (χ2n) is 2.88. The quantitative estimate of drug-likeness (QED) is 0.695. The fourth-order valence-corrected chi connectivity index (χ4v) is 2.36. The van der Waals surface area contributed by atoms with Crippen LogP contribution in [0.4, 0.5) is 0 Å². The number of nitrogens with zero attached hydrogens (tertiary/aromatic N) is 1. The number of halogens is 2. The SMILES string of the molecule is Cc1cc(Cl)c2c(Br)cccc2n1. The van der Waals surface area contributed by atoms with Gasteiger partial charge in [-0.1, -0.05) is 33.6 Å². The number of fused-ring (bicyclic) bond motifs is 1. The topological polar surface area (TPSA) is 12.9 Å². The summed E-state index contributed by atoms with van der Waals surface area (Å²) in [5.41, 5.74) is 1.87. The number of aromatic nitrogens is 1. The molecule has 3 heteroatoms. The lowest BCUT2D eigenvalue weighted by Crippen LogP contribution is -1.84. The first-order valence-electron chi connectivity index (χ1n) is 3.90. The number of aryl methyl sites for hydroxylation is 1. The summed E-state index contributed by atoms with van der Waals surface area (Å²) in [6.45, 7) is 1.94. The van der Waals surface area contributed by atoms with E-state index in [0.717, 1.165) is 26.1 Å². The van der Waals surface area contributed by atoms with Gasteiger partial charge in [0, 0.05) is 15.6 Å². The van der Waals surface area contributed by atoms with E-state index >= 15 is 0 Å². The van der Waals surface area contributed by atoms with Crippen molar-refractivity contribution in [2.45, 2.75) is 6.92 Å². The first kappa shape index (κ1) is 8.97. The van der Waals surface area contributed by atoms with Crippen LogP contribution in [0.5, 0.6) is 0 Å². The Bertz CT molecular complexity index is 468. The predicted molar refractivity (Wildman–Crippen MR) is 59.2 cm³/mol. The van der Waals surface area contributed by atoms with Crippen LogP contribution >= 0.6 is 27.5 Å². The molecule has 0 saturated carbocycles. The van der Waals surface area contributed by atoms with Gasteiger partial charge in [-0.3, -0.25) is 4.98 Å². The van der Waals surface area contributed by atoms with Crippen LogP contribution in [0, 0.1) is 6.92 Å². The highest BCUT2D eigenvalue weighted by molar-refractivity contribution is 9.10. The van der Waals surface area contributed by atoms with Crippen molar-refractivity contribution < 1.29 is 0 Å². The lowest BCUT2D eigenvalue weighted by molar-refractivity contribution is 1.25. The van der Waals surface area contributed by atoms with E-state index < -0.39 is 0 Å². The Morgan fingerprint density at radius 3 is 2.92 bits per heavy atom. The molecule has 0 spiro atoms. The Kier molecular flexibility index (Phi) is 2.26. The maximum absolute atomic E-state index is 6.10. The van der Waals surface area contributed by atoms with Gasteiger partial charge in [0.25, 0.3) is 0 Å². The van der Waals surface area contributed by atoms with Crippen LogP contribution in [-0.2, 0) is 0 Å². The summed E-state index contributed by atoms with van der Waals surface area (Å²) in [5.74, 6) is 0. The zero-order valence-electron chi connectivity index (χ0n) is 7.01. The zero-order valence-corrected chi connectivity index (χ0v) is 9.35. The maximum Gasteiger partial charge on any atom is 0.0731 e. The Morgan fingerprint density at radius 1 is 1.38 bits per heavy atom. The van der Waals surface area contributed by atoms with Gasteiger partial charge in [0.2, 0.25) is 0 Å². The third-order valence-electron chi connectivity index (χ3n) is 1.86. The number of rotatable bonds is 0. The minimum Gasteiger partial charge on any atom is -0.253 e. The molecule has 1 aromatic heterocycles. The molecule has 0 amide bonds. The minimum atomic E-state index is 0.745. The molecular formula is C10H7BrClN. The van der Waals surface area contributed by atoms with Gasteiger partial charge in [0.1, 0.15) is 0 Å². The van der Waals surface area contributed by atoms with Gasteiger partial charge in [-0.2, -0.15) is 0 Å². The van der Waals surface area contributed by atoms with Crippen LogP contribution in [0.2, 0.25) is 5.02 Å². The predicted octanol–water partition coefficient (Wildman–Crippen LogP) is 3.96. The molecule has 1 heterocycles. The fourth-order valence-electron chi connectivity index (χ4n) is 1.32. The molecule has 1 aromatic carbocycles. The smallest absolute Gasteiger partial charge is 0.0731 e. The van der Waals surface area contributed by atoms with Gasteiger partial charge in [0.15, 0.2) is 0 Å².